The average molecular weight is 531 g/mol. The molecule has 1 saturated heterocycles. The molecule has 1 aliphatic rings. The van der Waals surface area contributed by atoms with Crippen molar-refractivity contribution < 1.29 is 13.2 Å². The van der Waals surface area contributed by atoms with Crippen molar-refractivity contribution in [3.63, 3.8) is 0 Å². The Morgan fingerprint density at radius 3 is 2.89 bits per heavy atom. The number of benzene rings is 1. The Labute approximate surface area is 214 Å². The maximum absolute atomic E-state index is 13.5. The number of likely N-dealkylation sites (tertiary alicyclic amines) is 1. The van der Waals surface area contributed by atoms with E-state index in [1.165, 1.54) is 33.4 Å². The van der Waals surface area contributed by atoms with Gasteiger partial charge in [-0.15, -0.1) is 22.7 Å². The van der Waals surface area contributed by atoms with E-state index < -0.39 is 10.0 Å². The van der Waals surface area contributed by atoms with Gasteiger partial charge in [0, 0.05) is 42.2 Å². The molecule has 35 heavy (non-hydrogen) atoms. The number of rotatable bonds is 9. The lowest BCUT2D eigenvalue weighted by Gasteiger charge is -2.28. The van der Waals surface area contributed by atoms with Crippen LogP contribution in [0.3, 0.4) is 0 Å². The Kier molecular flexibility index (Phi) is 7.00. The molecule has 0 aliphatic carbocycles. The third kappa shape index (κ3) is 4.77. The van der Waals surface area contributed by atoms with Gasteiger partial charge in [0.2, 0.25) is 0 Å². The molecule has 0 amide bonds. The lowest BCUT2D eigenvalue weighted by molar-refractivity contribution is 0.112. The molecule has 1 fully saturated rings. The molecule has 0 unspecified atom stereocenters. The lowest BCUT2D eigenvalue weighted by atomic mass is 10.2. The summed E-state index contributed by atoms with van der Waals surface area (Å²) in [7, 11) is -1.91. The van der Waals surface area contributed by atoms with Gasteiger partial charge in [0.15, 0.2) is 0 Å². The highest BCUT2D eigenvalue weighted by molar-refractivity contribution is 7.94. The number of methoxy groups -OCH3 is 1. The van der Waals surface area contributed by atoms with Gasteiger partial charge >= 0.3 is 0 Å². The van der Waals surface area contributed by atoms with E-state index in [4.69, 9.17) is 9.72 Å². The van der Waals surface area contributed by atoms with Crippen LogP contribution in [0.25, 0.3) is 21.6 Å². The normalized spacial score (nSPS) is 17.1. The van der Waals surface area contributed by atoms with E-state index >= 15 is 0 Å². The molecule has 0 spiro atoms. The number of thiazole rings is 1. The second-order valence-electron chi connectivity index (χ2n) is 9.10. The lowest BCUT2D eigenvalue weighted by Crippen LogP contribution is -2.36. The van der Waals surface area contributed by atoms with Crippen LogP contribution in [0, 0.1) is 0 Å². The number of anilines is 1. The van der Waals surface area contributed by atoms with Crippen molar-refractivity contribution in [3.05, 3.63) is 52.9 Å². The molecule has 0 bridgehead atoms. The van der Waals surface area contributed by atoms with Crippen LogP contribution in [0.1, 0.15) is 31.6 Å². The quantitative estimate of drug-likeness (QED) is 0.306. The number of aromatic amines is 1. The molecule has 1 N–H and O–H groups in total. The summed E-state index contributed by atoms with van der Waals surface area (Å²) in [5.41, 5.74) is 2.34. The van der Waals surface area contributed by atoms with Gasteiger partial charge in [-0.2, -0.15) is 0 Å². The predicted octanol–water partition coefficient (Wildman–Crippen LogP) is 5.57. The van der Waals surface area contributed by atoms with Crippen molar-refractivity contribution in [1.82, 2.24) is 14.9 Å². The minimum atomic E-state index is -3.67. The average Bonchev–Trinajstić information content (AvgIpc) is 3.61. The number of hydrogen-bond acceptors (Lipinski definition) is 7. The van der Waals surface area contributed by atoms with Crippen LogP contribution < -0.4 is 4.31 Å². The third-order valence-electron chi connectivity index (χ3n) is 6.35. The van der Waals surface area contributed by atoms with Crippen LogP contribution in [0.2, 0.25) is 0 Å². The molecule has 5 rings (SSSR count). The molecule has 3 aromatic heterocycles. The number of nitrogens with zero attached hydrogens (tertiary/aromatic N) is 3. The van der Waals surface area contributed by atoms with Crippen molar-refractivity contribution >= 4 is 49.3 Å². The Balaban J connectivity index is 1.47. The van der Waals surface area contributed by atoms with Gasteiger partial charge in [-0.05, 0) is 56.8 Å². The van der Waals surface area contributed by atoms with E-state index in [-0.39, 0.29) is 6.04 Å². The number of thiophene rings is 1. The fraction of sp³-hybridized carbons (Fsp3) is 0.400. The molecule has 186 valence electrons. The second-order valence-corrected chi connectivity index (χ2v) is 13.2. The number of sulfonamides is 1. The monoisotopic (exact) mass is 530 g/mol. The van der Waals surface area contributed by atoms with Crippen molar-refractivity contribution in [2.45, 2.75) is 49.5 Å². The summed E-state index contributed by atoms with van der Waals surface area (Å²) >= 11 is 2.91. The first kappa shape index (κ1) is 24.5. The first-order valence-corrected chi connectivity index (χ1v) is 14.9. The van der Waals surface area contributed by atoms with Crippen molar-refractivity contribution in [2.75, 3.05) is 24.6 Å². The first-order valence-electron chi connectivity index (χ1n) is 11.8. The summed E-state index contributed by atoms with van der Waals surface area (Å²) in [4.78, 5) is 11.9. The summed E-state index contributed by atoms with van der Waals surface area (Å²) in [6.45, 7) is 6.52. The number of H-pyrrole nitrogens is 1. The standard InChI is InChI=1S/C25H30N4O3S3/c1-17(2)29(35(30,31)23-10-6-12-33-23)22-9-4-7-18-13-21(27-24(18)22)25-26-14-20(34-25)15-28-11-5-8-19(28)16-32-3/h4,6-7,9-10,12-14,17,19,27H,5,8,11,15-16H2,1-3H3/t19-/m0/s1. The van der Waals surface area contributed by atoms with E-state index in [0.717, 1.165) is 41.3 Å². The first-order chi connectivity index (χ1) is 16.9. The maximum atomic E-state index is 13.5. The molecule has 0 saturated carbocycles. The minimum absolute atomic E-state index is 0.244. The van der Waals surface area contributed by atoms with Gasteiger partial charge in [-0.3, -0.25) is 9.21 Å². The van der Waals surface area contributed by atoms with Crippen LogP contribution >= 0.6 is 22.7 Å². The summed E-state index contributed by atoms with van der Waals surface area (Å²) in [6, 6.07) is 11.5. The van der Waals surface area contributed by atoms with E-state index in [1.54, 1.807) is 36.0 Å². The second kappa shape index (κ2) is 10.0. The number of para-hydroxylation sites is 1. The van der Waals surface area contributed by atoms with Crippen molar-refractivity contribution in [2.24, 2.45) is 0 Å². The van der Waals surface area contributed by atoms with Crippen LogP contribution in [0.4, 0.5) is 5.69 Å². The number of fused-ring (bicyclic) bond motifs is 1. The van der Waals surface area contributed by atoms with Crippen molar-refractivity contribution in [1.29, 1.82) is 0 Å². The maximum Gasteiger partial charge on any atom is 0.274 e. The fourth-order valence-corrected chi connectivity index (χ4v) is 8.48. The molecule has 7 nitrogen and oxygen atoms in total. The zero-order valence-electron chi connectivity index (χ0n) is 20.1. The Morgan fingerprint density at radius 1 is 1.29 bits per heavy atom. The molecule has 4 heterocycles. The molecule has 1 aromatic carbocycles. The van der Waals surface area contributed by atoms with E-state index in [0.29, 0.717) is 15.9 Å². The van der Waals surface area contributed by atoms with E-state index in [9.17, 15) is 8.42 Å². The number of hydrogen-bond donors (Lipinski definition) is 1. The van der Waals surface area contributed by atoms with Gasteiger partial charge in [0.1, 0.15) is 9.22 Å². The largest absolute Gasteiger partial charge is 0.383 e. The molecule has 1 aliphatic heterocycles. The Morgan fingerprint density at radius 2 is 2.14 bits per heavy atom. The number of aromatic nitrogens is 2. The van der Waals surface area contributed by atoms with Crippen LogP contribution in [0.15, 0.2) is 52.2 Å². The highest BCUT2D eigenvalue weighted by Crippen LogP contribution is 2.37. The third-order valence-corrected chi connectivity index (χ3v) is 10.7. The van der Waals surface area contributed by atoms with Gasteiger partial charge in [0.25, 0.3) is 10.0 Å². The molecular formula is C25H30N4O3S3. The summed E-state index contributed by atoms with van der Waals surface area (Å²) in [6.07, 6.45) is 4.33. The zero-order chi connectivity index (χ0) is 24.6. The summed E-state index contributed by atoms with van der Waals surface area (Å²) < 4.78 is 34.2. The molecule has 4 aromatic rings. The van der Waals surface area contributed by atoms with E-state index in [2.05, 4.69) is 16.0 Å². The SMILES string of the molecule is COC[C@@H]1CCCN1Cc1cnc(-c2cc3cccc(N(C(C)C)S(=O)(=O)c4cccs4)c3[nH]2)s1. The molecule has 1 atom stereocenters. The predicted molar refractivity (Wildman–Crippen MR) is 144 cm³/mol. The van der Waals surface area contributed by atoms with Crippen LogP contribution in [-0.4, -0.2) is 55.6 Å². The fourth-order valence-electron chi connectivity index (χ4n) is 4.82. The molecule has 0 radical (unpaired) electrons. The molecular weight excluding hydrogens is 501 g/mol. The van der Waals surface area contributed by atoms with Crippen LogP contribution in [-0.2, 0) is 21.3 Å². The Bertz CT molecular complexity index is 1390. The highest BCUT2D eigenvalue weighted by Gasteiger charge is 2.30. The number of nitrogens with one attached hydrogen (secondary N) is 1. The van der Waals surface area contributed by atoms with Gasteiger partial charge in [0.05, 0.1) is 23.5 Å². The van der Waals surface area contributed by atoms with Crippen molar-refractivity contribution in [3.8, 4) is 10.7 Å². The van der Waals surface area contributed by atoms with Crippen LogP contribution in [0.5, 0.6) is 0 Å². The minimum Gasteiger partial charge on any atom is -0.383 e. The number of ether oxygens (including phenoxy) is 1. The smallest absolute Gasteiger partial charge is 0.274 e. The zero-order valence-corrected chi connectivity index (χ0v) is 22.5. The van der Waals surface area contributed by atoms with E-state index in [1.807, 2.05) is 38.2 Å². The topological polar surface area (TPSA) is 78.5 Å². The molecule has 10 heteroatoms. The summed E-state index contributed by atoms with van der Waals surface area (Å²) in [5.74, 6) is 0. The van der Waals surface area contributed by atoms with Gasteiger partial charge < -0.3 is 9.72 Å². The van der Waals surface area contributed by atoms with Gasteiger partial charge in [-0.1, -0.05) is 18.2 Å². The Hall–Kier alpha value is -2.24. The van der Waals surface area contributed by atoms with Gasteiger partial charge in [-0.25, -0.2) is 13.4 Å². The summed E-state index contributed by atoms with van der Waals surface area (Å²) in [5, 5.41) is 3.65. The highest BCUT2D eigenvalue weighted by atomic mass is 32.2.